The number of hydrogen-bond donors (Lipinski definition) is 0. The molecule has 0 spiro atoms. The van der Waals surface area contributed by atoms with Crippen molar-refractivity contribution >= 4 is 11.3 Å². The van der Waals surface area contributed by atoms with Crippen molar-refractivity contribution in [2.75, 3.05) is 0 Å². The molecule has 2 rings (SSSR count). The highest BCUT2D eigenvalue weighted by atomic mass is 32.1. The van der Waals surface area contributed by atoms with Crippen LogP contribution in [0.15, 0.2) is 47.4 Å². The van der Waals surface area contributed by atoms with Gasteiger partial charge in [0.1, 0.15) is 0 Å². The van der Waals surface area contributed by atoms with E-state index >= 15 is 0 Å². The van der Waals surface area contributed by atoms with E-state index in [-0.39, 0.29) is 0 Å². The Kier molecular flexibility index (Phi) is 5.71. The molecule has 1 nitrogen and oxygen atoms in total. The maximum atomic E-state index is 3.74. The summed E-state index contributed by atoms with van der Waals surface area (Å²) in [5.74, 6) is 0.766. The van der Waals surface area contributed by atoms with Gasteiger partial charge in [-0.25, -0.2) is 0 Å². The van der Waals surface area contributed by atoms with Crippen LogP contribution in [-0.4, -0.2) is 4.98 Å². The zero-order valence-electron chi connectivity index (χ0n) is 9.26. The van der Waals surface area contributed by atoms with Gasteiger partial charge in [0.2, 0.25) is 0 Å². The lowest BCUT2D eigenvalue weighted by atomic mass is 10.0. The molecule has 0 fully saturated rings. The molecule has 0 amide bonds. The smallest absolute Gasteiger partial charge is 0.0791 e. The number of benzene rings is 1. The molecule has 0 aliphatic heterocycles. The lowest BCUT2D eigenvalue weighted by Gasteiger charge is -2.02. The topological polar surface area (TPSA) is 12.9 Å². The maximum Gasteiger partial charge on any atom is 0.0791 e. The Morgan fingerprint density at radius 3 is 2.33 bits per heavy atom. The van der Waals surface area contributed by atoms with Gasteiger partial charge in [-0.1, -0.05) is 44.2 Å². The van der Waals surface area contributed by atoms with Gasteiger partial charge < -0.3 is 0 Å². The molecule has 0 saturated heterocycles. The molecule has 0 aliphatic carbocycles. The maximum absolute atomic E-state index is 3.74. The highest BCUT2D eigenvalue weighted by Crippen LogP contribution is 2.05. The van der Waals surface area contributed by atoms with Gasteiger partial charge in [0.15, 0.2) is 0 Å². The summed E-state index contributed by atoms with van der Waals surface area (Å²) in [5.41, 5.74) is 3.23. The molecule has 0 atom stereocenters. The summed E-state index contributed by atoms with van der Waals surface area (Å²) in [6, 6.07) is 10.6. The lowest BCUT2D eigenvalue weighted by molar-refractivity contribution is 0.647. The largest absolute Gasteiger partial charge is 0.253 e. The third-order valence-corrected chi connectivity index (χ3v) is 2.36. The van der Waals surface area contributed by atoms with Crippen LogP contribution in [0, 0.1) is 5.92 Å². The first-order valence-corrected chi connectivity index (χ1v) is 6.09. The lowest BCUT2D eigenvalue weighted by Crippen LogP contribution is -1.92. The van der Waals surface area contributed by atoms with Gasteiger partial charge in [0, 0.05) is 11.6 Å². The second-order valence-corrected chi connectivity index (χ2v) is 4.51. The average molecular weight is 219 g/mol. The van der Waals surface area contributed by atoms with Gasteiger partial charge in [0.25, 0.3) is 0 Å². The van der Waals surface area contributed by atoms with E-state index in [1.54, 1.807) is 23.0 Å². The molecule has 2 aromatic rings. The predicted octanol–water partition coefficient (Wildman–Crippen LogP) is 4.03. The van der Waals surface area contributed by atoms with Gasteiger partial charge in [-0.15, -0.1) is 11.3 Å². The van der Waals surface area contributed by atoms with E-state index in [2.05, 4.69) is 49.2 Å². The van der Waals surface area contributed by atoms with E-state index in [0.717, 1.165) is 5.92 Å². The minimum absolute atomic E-state index is 0.766. The third kappa shape index (κ3) is 6.02. The molecule has 15 heavy (non-hydrogen) atoms. The zero-order chi connectivity index (χ0) is 10.9. The molecule has 0 bridgehead atoms. The van der Waals surface area contributed by atoms with E-state index in [1.807, 2.05) is 5.38 Å². The Bertz CT molecular complexity index is 309. The quantitative estimate of drug-likeness (QED) is 0.743. The summed E-state index contributed by atoms with van der Waals surface area (Å²) in [6.45, 7) is 4.49. The molecule has 1 aromatic carbocycles. The minimum atomic E-state index is 0.766. The normalized spacial score (nSPS) is 9.53. The van der Waals surface area contributed by atoms with Crippen LogP contribution in [0.25, 0.3) is 0 Å². The monoisotopic (exact) mass is 219 g/mol. The molecule has 1 aromatic heterocycles. The first kappa shape index (κ1) is 11.9. The summed E-state index contributed by atoms with van der Waals surface area (Å²) in [4.78, 5) is 3.74. The molecular weight excluding hydrogens is 202 g/mol. The standard InChI is InChI=1S/C10H14.C3H3NS/c1-9(2)8-10-6-4-3-5-7-10;1-2-5-3-4-1/h3-7,9H,8H2,1-2H3;1-3H. The molecule has 1 heterocycles. The van der Waals surface area contributed by atoms with Crippen molar-refractivity contribution in [1.29, 1.82) is 0 Å². The molecule has 2 heteroatoms. The van der Waals surface area contributed by atoms with Gasteiger partial charge in [0.05, 0.1) is 5.51 Å². The second-order valence-electron chi connectivity index (χ2n) is 3.76. The Morgan fingerprint density at radius 1 is 1.20 bits per heavy atom. The minimum Gasteiger partial charge on any atom is -0.253 e. The van der Waals surface area contributed by atoms with Crippen LogP contribution in [0.1, 0.15) is 19.4 Å². The molecule has 0 unspecified atom stereocenters. The first-order valence-electron chi connectivity index (χ1n) is 5.15. The number of aromatic nitrogens is 1. The highest BCUT2D eigenvalue weighted by Gasteiger charge is 1.94. The second kappa shape index (κ2) is 7.18. The van der Waals surface area contributed by atoms with E-state index in [4.69, 9.17) is 0 Å². The SMILES string of the molecule is CC(C)Cc1ccccc1.c1cscn1. The van der Waals surface area contributed by atoms with Crippen molar-refractivity contribution in [2.24, 2.45) is 5.92 Å². The van der Waals surface area contributed by atoms with Crippen molar-refractivity contribution in [2.45, 2.75) is 20.3 Å². The fraction of sp³-hybridized carbons (Fsp3) is 0.308. The average Bonchev–Trinajstić information content (AvgIpc) is 2.76. The van der Waals surface area contributed by atoms with Gasteiger partial charge >= 0.3 is 0 Å². The van der Waals surface area contributed by atoms with E-state index < -0.39 is 0 Å². The van der Waals surface area contributed by atoms with Crippen LogP contribution in [-0.2, 0) is 6.42 Å². The van der Waals surface area contributed by atoms with Crippen molar-refractivity contribution in [3.05, 3.63) is 53.0 Å². The summed E-state index contributed by atoms with van der Waals surface area (Å²) in [6.07, 6.45) is 2.96. The van der Waals surface area contributed by atoms with Crippen LogP contribution in [0.5, 0.6) is 0 Å². The van der Waals surface area contributed by atoms with Crippen molar-refractivity contribution < 1.29 is 0 Å². The van der Waals surface area contributed by atoms with Crippen LogP contribution >= 0.6 is 11.3 Å². The van der Waals surface area contributed by atoms with Crippen LogP contribution < -0.4 is 0 Å². The van der Waals surface area contributed by atoms with Gasteiger partial charge in [-0.3, -0.25) is 4.98 Å². The molecule has 0 N–H and O–H groups in total. The van der Waals surface area contributed by atoms with E-state index in [0.29, 0.717) is 0 Å². The fourth-order valence-electron chi connectivity index (χ4n) is 1.26. The molecule has 0 aliphatic rings. The van der Waals surface area contributed by atoms with Gasteiger partial charge in [-0.2, -0.15) is 0 Å². The summed E-state index contributed by atoms with van der Waals surface area (Å²) < 4.78 is 0. The molecule has 80 valence electrons. The van der Waals surface area contributed by atoms with Gasteiger partial charge in [-0.05, 0) is 17.9 Å². The third-order valence-electron chi connectivity index (χ3n) is 1.83. The zero-order valence-corrected chi connectivity index (χ0v) is 10.1. The Hall–Kier alpha value is -1.15. The van der Waals surface area contributed by atoms with Crippen molar-refractivity contribution in [3.63, 3.8) is 0 Å². The van der Waals surface area contributed by atoms with E-state index in [9.17, 15) is 0 Å². The number of hydrogen-bond acceptors (Lipinski definition) is 2. The Balaban J connectivity index is 0.000000187. The number of rotatable bonds is 2. The molecular formula is C13H17NS. The van der Waals surface area contributed by atoms with Crippen LogP contribution in [0.4, 0.5) is 0 Å². The van der Waals surface area contributed by atoms with Crippen LogP contribution in [0.3, 0.4) is 0 Å². The fourth-order valence-corrected chi connectivity index (χ4v) is 1.61. The Morgan fingerprint density at radius 2 is 1.93 bits per heavy atom. The van der Waals surface area contributed by atoms with Crippen molar-refractivity contribution in [1.82, 2.24) is 4.98 Å². The molecule has 0 radical (unpaired) electrons. The highest BCUT2D eigenvalue weighted by molar-refractivity contribution is 7.07. The van der Waals surface area contributed by atoms with Crippen molar-refractivity contribution in [3.8, 4) is 0 Å². The predicted molar refractivity (Wildman–Crippen MR) is 67.1 cm³/mol. The Labute approximate surface area is 95.8 Å². The molecule has 0 saturated carbocycles. The first-order chi connectivity index (χ1) is 7.29. The summed E-state index contributed by atoms with van der Waals surface area (Å²) in [7, 11) is 0. The van der Waals surface area contributed by atoms with E-state index in [1.165, 1.54) is 12.0 Å². The van der Waals surface area contributed by atoms with Crippen LogP contribution in [0.2, 0.25) is 0 Å². The number of thiazole rings is 1. The summed E-state index contributed by atoms with van der Waals surface area (Å²) >= 11 is 1.60. The summed E-state index contributed by atoms with van der Waals surface area (Å²) in [5, 5.41) is 1.93. The number of nitrogens with zero attached hydrogens (tertiary/aromatic N) is 1.